The molecule has 1 aromatic rings. The van der Waals surface area contributed by atoms with Crippen LogP contribution in [0.25, 0.3) is 0 Å². The normalized spacial score (nSPS) is 43.5. The molecule has 64 valence electrons. The van der Waals surface area contributed by atoms with Gasteiger partial charge >= 0.3 is 0 Å². The summed E-state index contributed by atoms with van der Waals surface area (Å²) >= 11 is 5.13. The number of hydrogen-bond donors (Lipinski definition) is 1. The summed E-state index contributed by atoms with van der Waals surface area (Å²) in [6.07, 6.45) is 3.46. The molecule has 4 heteroatoms. The van der Waals surface area contributed by atoms with Crippen molar-refractivity contribution < 1.29 is 0 Å². The molecule has 2 N–H and O–H groups in total. The first-order valence-corrected chi connectivity index (χ1v) is 5.70. The number of nitrogens with two attached hydrogens (primary N) is 1. The first-order valence-electron chi connectivity index (χ1n) is 4.02. The van der Waals surface area contributed by atoms with E-state index in [4.69, 9.17) is 5.73 Å². The number of hydrogen-bond acceptors (Lipinski definition) is 3. The molecule has 1 heterocycles. The minimum Gasteiger partial charge on any atom is -0.325 e. The van der Waals surface area contributed by atoms with Crippen LogP contribution in [0, 0.1) is 0 Å². The summed E-state index contributed by atoms with van der Waals surface area (Å²) in [5.74, 6) is 0. The van der Waals surface area contributed by atoms with Gasteiger partial charge in [-0.15, -0.1) is 11.3 Å². The zero-order chi connectivity index (χ0) is 8.40. The van der Waals surface area contributed by atoms with Gasteiger partial charge in [0, 0.05) is 16.3 Å². The average molecular weight is 245 g/mol. The Hall–Kier alpha value is 0.0700. The van der Waals surface area contributed by atoms with Gasteiger partial charge < -0.3 is 5.73 Å². The van der Waals surface area contributed by atoms with Crippen LogP contribution in [0.2, 0.25) is 0 Å². The first kappa shape index (κ1) is 7.47. The van der Waals surface area contributed by atoms with Crippen LogP contribution in [0.3, 0.4) is 0 Å². The Morgan fingerprint density at radius 1 is 1.50 bits per heavy atom. The predicted molar refractivity (Wildman–Crippen MR) is 52.3 cm³/mol. The van der Waals surface area contributed by atoms with Crippen molar-refractivity contribution in [1.29, 1.82) is 0 Å². The summed E-state index contributed by atoms with van der Waals surface area (Å²) in [5, 5.41) is 3.33. The summed E-state index contributed by atoms with van der Waals surface area (Å²) < 4.78 is 0.971. The summed E-state index contributed by atoms with van der Waals surface area (Å²) in [4.78, 5) is 4.45. The predicted octanol–water partition coefficient (Wildman–Crippen LogP) is 2.04. The molecule has 0 aromatic carbocycles. The van der Waals surface area contributed by atoms with Crippen LogP contribution < -0.4 is 5.73 Å². The van der Waals surface area contributed by atoms with Crippen molar-refractivity contribution >= 4 is 27.3 Å². The van der Waals surface area contributed by atoms with Crippen molar-refractivity contribution in [2.75, 3.05) is 0 Å². The topological polar surface area (TPSA) is 38.9 Å². The standard InChI is InChI=1S/C8H9BrN2S/c9-5-1-12-6(11-5)7-2-8(10,3-7)4-7/h1H,2-4,10H2. The lowest BCUT2D eigenvalue weighted by atomic mass is 9.40. The van der Waals surface area contributed by atoms with Gasteiger partial charge in [-0.05, 0) is 35.2 Å². The quantitative estimate of drug-likeness (QED) is 0.822. The van der Waals surface area contributed by atoms with Gasteiger partial charge in [-0.1, -0.05) is 0 Å². The van der Waals surface area contributed by atoms with E-state index in [2.05, 4.69) is 26.3 Å². The lowest BCUT2D eigenvalue weighted by molar-refractivity contribution is -0.0591. The Bertz CT molecular complexity index is 327. The highest BCUT2D eigenvalue weighted by molar-refractivity contribution is 9.10. The third kappa shape index (κ3) is 0.757. The van der Waals surface area contributed by atoms with Crippen LogP contribution in [0.1, 0.15) is 24.3 Å². The first-order chi connectivity index (χ1) is 5.62. The molecule has 0 amide bonds. The van der Waals surface area contributed by atoms with E-state index in [0.717, 1.165) is 23.9 Å². The Kier molecular flexibility index (Phi) is 1.21. The molecule has 0 unspecified atom stereocenters. The Labute approximate surface area is 83.3 Å². The highest BCUT2D eigenvalue weighted by Crippen LogP contribution is 2.66. The fourth-order valence-corrected chi connectivity index (χ4v) is 4.05. The molecule has 0 radical (unpaired) electrons. The summed E-state index contributed by atoms with van der Waals surface area (Å²) in [6.45, 7) is 0. The second-order valence-corrected chi connectivity index (χ2v) is 5.82. The maximum atomic E-state index is 5.98. The van der Waals surface area contributed by atoms with Crippen molar-refractivity contribution in [3.8, 4) is 0 Å². The van der Waals surface area contributed by atoms with Gasteiger partial charge in [0.25, 0.3) is 0 Å². The van der Waals surface area contributed by atoms with Crippen LogP contribution in [0.5, 0.6) is 0 Å². The molecule has 3 saturated carbocycles. The molecular formula is C8H9BrN2S. The smallest absolute Gasteiger partial charge is 0.117 e. The lowest BCUT2D eigenvalue weighted by Gasteiger charge is -2.68. The van der Waals surface area contributed by atoms with Gasteiger partial charge in [0.1, 0.15) is 9.61 Å². The lowest BCUT2D eigenvalue weighted by Crippen LogP contribution is -2.74. The minimum atomic E-state index is 0.193. The number of aromatic nitrogens is 1. The zero-order valence-electron chi connectivity index (χ0n) is 6.51. The molecule has 3 fully saturated rings. The van der Waals surface area contributed by atoms with Crippen LogP contribution >= 0.6 is 27.3 Å². The molecule has 3 aliphatic carbocycles. The fraction of sp³-hybridized carbons (Fsp3) is 0.625. The number of rotatable bonds is 1. The van der Waals surface area contributed by atoms with E-state index in [9.17, 15) is 0 Å². The Balaban J connectivity index is 1.93. The van der Waals surface area contributed by atoms with Gasteiger partial charge in [0.05, 0.1) is 0 Å². The highest BCUT2D eigenvalue weighted by Gasteiger charge is 2.67. The van der Waals surface area contributed by atoms with E-state index in [1.54, 1.807) is 11.3 Å². The van der Waals surface area contributed by atoms with Crippen molar-refractivity contribution in [3.05, 3.63) is 15.0 Å². The van der Waals surface area contributed by atoms with Crippen molar-refractivity contribution in [3.63, 3.8) is 0 Å². The van der Waals surface area contributed by atoms with E-state index >= 15 is 0 Å². The van der Waals surface area contributed by atoms with E-state index in [0.29, 0.717) is 5.41 Å². The summed E-state index contributed by atoms with van der Waals surface area (Å²) in [6, 6.07) is 0. The van der Waals surface area contributed by atoms with E-state index in [1.165, 1.54) is 5.01 Å². The molecule has 3 aliphatic rings. The molecule has 0 aliphatic heterocycles. The third-order valence-electron chi connectivity index (χ3n) is 3.00. The average Bonchev–Trinajstić information content (AvgIpc) is 2.26. The van der Waals surface area contributed by atoms with Gasteiger partial charge in [-0.3, -0.25) is 0 Å². The van der Waals surface area contributed by atoms with Crippen LogP contribution in [0.15, 0.2) is 9.98 Å². The zero-order valence-corrected chi connectivity index (χ0v) is 8.91. The van der Waals surface area contributed by atoms with Crippen LogP contribution in [-0.2, 0) is 5.41 Å². The molecule has 0 saturated heterocycles. The largest absolute Gasteiger partial charge is 0.325 e. The minimum absolute atomic E-state index is 0.193. The van der Waals surface area contributed by atoms with Gasteiger partial charge in [-0.2, -0.15) is 0 Å². The molecule has 1 aromatic heterocycles. The van der Waals surface area contributed by atoms with Crippen molar-refractivity contribution in [2.45, 2.75) is 30.2 Å². The molecule has 12 heavy (non-hydrogen) atoms. The number of halogens is 1. The van der Waals surface area contributed by atoms with Crippen LogP contribution in [-0.4, -0.2) is 10.5 Å². The highest BCUT2D eigenvalue weighted by atomic mass is 79.9. The van der Waals surface area contributed by atoms with E-state index in [1.807, 2.05) is 0 Å². The van der Waals surface area contributed by atoms with Gasteiger partial charge in [-0.25, -0.2) is 4.98 Å². The van der Waals surface area contributed by atoms with Crippen LogP contribution in [0.4, 0.5) is 0 Å². The third-order valence-corrected chi connectivity index (χ3v) is 4.80. The fourth-order valence-electron chi connectivity index (χ4n) is 2.59. The number of nitrogens with zero attached hydrogens (tertiary/aromatic N) is 1. The molecular weight excluding hydrogens is 236 g/mol. The van der Waals surface area contributed by atoms with Crippen molar-refractivity contribution in [2.24, 2.45) is 5.73 Å². The van der Waals surface area contributed by atoms with E-state index in [-0.39, 0.29) is 5.54 Å². The molecule has 2 bridgehead atoms. The maximum Gasteiger partial charge on any atom is 0.117 e. The SMILES string of the molecule is NC12CC(c3nc(Br)cs3)(C1)C2. The maximum absolute atomic E-state index is 5.98. The molecule has 0 spiro atoms. The molecule has 4 rings (SSSR count). The Morgan fingerprint density at radius 3 is 2.58 bits per heavy atom. The van der Waals surface area contributed by atoms with Gasteiger partial charge in [0.15, 0.2) is 0 Å². The van der Waals surface area contributed by atoms with Crippen molar-refractivity contribution in [1.82, 2.24) is 4.98 Å². The monoisotopic (exact) mass is 244 g/mol. The number of thiazole rings is 1. The second-order valence-electron chi connectivity index (χ2n) is 4.15. The van der Waals surface area contributed by atoms with Gasteiger partial charge in [0.2, 0.25) is 0 Å². The second kappa shape index (κ2) is 1.94. The molecule has 2 nitrogen and oxygen atoms in total. The summed E-state index contributed by atoms with van der Waals surface area (Å²) in [7, 11) is 0. The summed E-state index contributed by atoms with van der Waals surface area (Å²) in [5.41, 5.74) is 6.57. The van der Waals surface area contributed by atoms with E-state index < -0.39 is 0 Å². The Morgan fingerprint density at radius 2 is 2.17 bits per heavy atom. The molecule has 0 atom stereocenters.